The van der Waals surface area contributed by atoms with Crippen LogP contribution in [-0.4, -0.2) is 0 Å². The van der Waals surface area contributed by atoms with Crippen LogP contribution in [0.3, 0.4) is 0 Å². The van der Waals surface area contributed by atoms with Crippen molar-refractivity contribution in [2.75, 3.05) is 0 Å². The lowest BCUT2D eigenvalue weighted by atomic mass is 9.69. The number of unbranched alkanes of at least 4 members (excludes halogenated alkanes) is 4. The third-order valence-corrected chi connectivity index (χ3v) is 6.71. The van der Waals surface area contributed by atoms with E-state index in [-0.39, 0.29) is 11.7 Å². The summed E-state index contributed by atoms with van der Waals surface area (Å²) in [6, 6.07) is 13.4. The SMILES string of the molecule is CCCCCCC[C@@H]1CCc2c(ccc3c(F)cccc23)[C@H]1c1ccc(F)c(F)c1. The number of hydrogen-bond acceptors (Lipinski definition) is 0. The fourth-order valence-electron chi connectivity index (χ4n) is 5.20. The maximum atomic E-state index is 14.3. The van der Waals surface area contributed by atoms with E-state index < -0.39 is 11.6 Å². The van der Waals surface area contributed by atoms with Crippen LogP contribution in [0, 0.1) is 23.4 Å². The molecule has 0 amide bonds. The zero-order chi connectivity index (χ0) is 21.1. The minimum absolute atomic E-state index is 0.0164. The van der Waals surface area contributed by atoms with Crippen molar-refractivity contribution in [2.24, 2.45) is 5.92 Å². The molecule has 1 aliphatic carbocycles. The van der Waals surface area contributed by atoms with Crippen LogP contribution < -0.4 is 0 Å². The van der Waals surface area contributed by atoms with Gasteiger partial charge in [0, 0.05) is 11.3 Å². The summed E-state index contributed by atoms with van der Waals surface area (Å²) in [7, 11) is 0. The Balaban J connectivity index is 1.72. The standard InChI is InChI=1S/C27H29F3/c1-2-3-4-5-6-8-18-11-13-21-20-9-7-10-24(28)22(20)14-15-23(21)27(18)19-12-16-25(29)26(30)17-19/h7,9-10,12,14-18,27H,2-6,8,11,13H2,1H3/t18-,27-/m1/s1. The second-order valence-corrected chi connectivity index (χ2v) is 8.62. The molecule has 4 rings (SSSR count). The van der Waals surface area contributed by atoms with Gasteiger partial charge in [-0.2, -0.15) is 0 Å². The van der Waals surface area contributed by atoms with Gasteiger partial charge in [-0.05, 0) is 65.5 Å². The van der Waals surface area contributed by atoms with Gasteiger partial charge in [-0.3, -0.25) is 0 Å². The Hall–Kier alpha value is -2.29. The highest BCUT2D eigenvalue weighted by Gasteiger charge is 2.32. The van der Waals surface area contributed by atoms with Crippen LogP contribution in [0.15, 0.2) is 48.5 Å². The minimum Gasteiger partial charge on any atom is -0.206 e. The van der Waals surface area contributed by atoms with Gasteiger partial charge in [0.05, 0.1) is 0 Å². The molecule has 3 aromatic rings. The van der Waals surface area contributed by atoms with Crippen LogP contribution in [0.2, 0.25) is 0 Å². The molecule has 0 fully saturated rings. The van der Waals surface area contributed by atoms with Crippen LogP contribution in [-0.2, 0) is 6.42 Å². The minimum atomic E-state index is -0.813. The van der Waals surface area contributed by atoms with Crippen LogP contribution in [0.4, 0.5) is 13.2 Å². The van der Waals surface area contributed by atoms with E-state index in [1.54, 1.807) is 12.1 Å². The van der Waals surface area contributed by atoms with Crippen molar-refractivity contribution in [1.82, 2.24) is 0 Å². The van der Waals surface area contributed by atoms with Crippen molar-refractivity contribution >= 4 is 10.8 Å². The number of benzene rings is 3. The maximum Gasteiger partial charge on any atom is 0.159 e. The van der Waals surface area contributed by atoms with Gasteiger partial charge in [0.25, 0.3) is 0 Å². The predicted molar refractivity (Wildman–Crippen MR) is 117 cm³/mol. The number of hydrogen-bond donors (Lipinski definition) is 0. The van der Waals surface area contributed by atoms with Crippen molar-refractivity contribution in [1.29, 1.82) is 0 Å². The zero-order valence-electron chi connectivity index (χ0n) is 17.6. The largest absolute Gasteiger partial charge is 0.206 e. The van der Waals surface area contributed by atoms with E-state index in [1.807, 2.05) is 18.2 Å². The summed E-state index contributed by atoms with van der Waals surface area (Å²) in [6.45, 7) is 2.21. The molecule has 0 radical (unpaired) electrons. The van der Waals surface area contributed by atoms with E-state index in [1.165, 1.54) is 43.9 Å². The molecule has 0 nitrogen and oxygen atoms in total. The Bertz CT molecular complexity index is 1020. The molecular formula is C27H29F3. The summed E-state index contributed by atoms with van der Waals surface area (Å²) in [5.41, 5.74) is 3.12. The van der Waals surface area contributed by atoms with E-state index in [0.29, 0.717) is 11.3 Å². The lowest BCUT2D eigenvalue weighted by molar-refractivity contribution is 0.366. The summed E-state index contributed by atoms with van der Waals surface area (Å²) in [5, 5.41) is 1.58. The molecule has 1 aliphatic rings. The van der Waals surface area contributed by atoms with Crippen molar-refractivity contribution in [2.45, 2.75) is 64.2 Å². The fraction of sp³-hybridized carbons (Fsp3) is 0.407. The third-order valence-electron chi connectivity index (χ3n) is 6.71. The Morgan fingerprint density at radius 3 is 2.43 bits per heavy atom. The van der Waals surface area contributed by atoms with Crippen molar-refractivity contribution in [3.63, 3.8) is 0 Å². The first-order valence-electron chi connectivity index (χ1n) is 11.2. The molecule has 0 spiro atoms. The zero-order valence-corrected chi connectivity index (χ0v) is 17.6. The molecule has 158 valence electrons. The van der Waals surface area contributed by atoms with Crippen molar-refractivity contribution in [3.8, 4) is 0 Å². The molecule has 0 aromatic heterocycles. The lowest BCUT2D eigenvalue weighted by Crippen LogP contribution is -2.22. The molecule has 0 unspecified atom stereocenters. The second-order valence-electron chi connectivity index (χ2n) is 8.62. The van der Waals surface area contributed by atoms with Gasteiger partial charge < -0.3 is 0 Å². The van der Waals surface area contributed by atoms with E-state index in [2.05, 4.69) is 6.92 Å². The first-order valence-corrected chi connectivity index (χ1v) is 11.2. The Morgan fingerprint density at radius 2 is 1.63 bits per heavy atom. The van der Waals surface area contributed by atoms with Crippen LogP contribution in [0.1, 0.15) is 74.5 Å². The van der Waals surface area contributed by atoms with E-state index >= 15 is 0 Å². The second kappa shape index (κ2) is 9.24. The number of halogens is 3. The average Bonchev–Trinajstić information content (AvgIpc) is 2.75. The summed E-state index contributed by atoms with van der Waals surface area (Å²) in [4.78, 5) is 0. The highest BCUT2D eigenvalue weighted by atomic mass is 19.2. The molecule has 30 heavy (non-hydrogen) atoms. The summed E-state index contributed by atoms with van der Waals surface area (Å²) < 4.78 is 42.1. The summed E-state index contributed by atoms with van der Waals surface area (Å²) >= 11 is 0. The molecule has 2 atom stereocenters. The molecule has 0 aliphatic heterocycles. The van der Waals surface area contributed by atoms with E-state index in [0.717, 1.165) is 47.8 Å². The maximum absolute atomic E-state index is 14.3. The van der Waals surface area contributed by atoms with Crippen LogP contribution >= 0.6 is 0 Å². The molecule has 0 saturated heterocycles. The van der Waals surface area contributed by atoms with E-state index in [4.69, 9.17) is 0 Å². The smallest absolute Gasteiger partial charge is 0.159 e. The number of fused-ring (bicyclic) bond motifs is 3. The van der Waals surface area contributed by atoms with Gasteiger partial charge in [-0.25, -0.2) is 13.2 Å². The Morgan fingerprint density at radius 1 is 0.800 bits per heavy atom. The average molecular weight is 411 g/mol. The molecule has 3 aromatic carbocycles. The number of aryl methyl sites for hydroxylation is 1. The monoisotopic (exact) mass is 410 g/mol. The quantitative estimate of drug-likeness (QED) is 0.344. The predicted octanol–water partition coefficient (Wildman–Crippen LogP) is 8.31. The van der Waals surface area contributed by atoms with Crippen molar-refractivity contribution < 1.29 is 13.2 Å². The van der Waals surface area contributed by atoms with Crippen LogP contribution in [0.5, 0.6) is 0 Å². The molecule has 3 heteroatoms. The number of rotatable bonds is 7. The Kier molecular flexibility index (Phi) is 6.46. The fourth-order valence-corrected chi connectivity index (χ4v) is 5.20. The van der Waals surface area contributed by atoms with Gasteiger partial charge in [0.1, 0.15) is 5.82 Å². The van der Waals surface area contributed by atoms with Gasteiger partial charge in [-0.1, -0.05) is 69.4 Å². The molecule has 0 bridgehead atoms. The van der Waals surface area contributed by atoms with Crippen LogP contribution in [0.25, 0.3) is 10.8 Å². The van der Waals surface area contributed by atoms with Gasteiger partial charge in [-0.15, -0.1) is 0 Å². The normalized spacial score (nSPS) is 18.5. The summed E-state index contributed by atoms with van der Waals surface area (Å²) in [6.07, 6.45) is 9.06. The highest BCUT2D eigenvalue weighted by Crippen LogP contribution is 2.45. The Labute approximate surface area is 177 Å². The first-order chi connectivity index (χ1) is 14.6. The first kappa shape index (κ1) is 21.0. The molecule has 0 heterocycles. The van der Waals surface area contributed by atoms with E-state index in [9.17, 15) is 13.2 Å². The third kappa shape index (κ3) is 4.12. The van der Waals surface area contributed by atoms with Gasteiger partial charge >= 0.3 is 0 Å². The molecule has 0 N–H and O–H groups in total. The van der Waals surface area contributed by atoms with Gasteiger partial charge in [0.2, 0.25) is 0 Å². The lowest BCUT2D eigenvalue weighted by Gasteiger charge is -2.35. The van der Waals surface area contributed by atoms with Crippen molar-refractivity contribution in [3.05, 3.63) is 82.7 Å². The summed E-state index contributed by atoms with van der Waals surface area (Å²) in [5.74, 6) is -1.42. The van der Waals surface area contributed by atoms with Gasteiger partial charge in [0.15, 0.2) is 11.6 Å². The molecule has 0 saturated carbocycles. The highest BCUT2D eigenvalue weighted by molar-refractivity contribution is 5.88. The molecular weight excluding hydrogens is 381 g/mol. The topological polar surface area (TPSA) is 0 Å².